The van der Waals surface area contributed by atoms with Crippen molar-refractivity contribution in [3.05, 3.63) is 0 Å². The van der Waals surface area contributed by atoms with Crippen LogP contribution in [0.2, 0.25) is 0 Å². The second kappa shape index (κ2) is 15.9. The Morgan fingerprint density at radius 3 is 0.338 bits per heavy atom. The summed E-state index contributed by atoms with van der Waals surface area (Å²) in [6.45, 7) is 0. The number of alkyl halides is 45. The lowest BCUT2D eigenvalue weighted by Crippen LogP contribution is -2.81. The van der Waals surface area contributed by atoms with Crippen LogP contribution in [0.3, 0.4) is 0 Å². The molecule has 49 heteroatoms. The van der Waals surface area contributed by atoms with Crippen molar-refractivity contribution >= 4 is 10.1 Å². The van der Waals surface area contributed by atoms with Crippen molar-refractivity contribution in [2.24, 2.45) is 0 Å². The molecule has 0 fully saturated rings. The Kier molecular flexibility index (Phi) is 15.2. The molecule has 71 heavy (non-hydrogen) atoms. The second-order valence-electron chi connectivity index (χ2n) is 13.0. The van der Waals surface area contributed by atoms with Crippen LogP contribution in [-0.2, 0) is 10.1 Å². The molecule has 0 bridgehead atoms. The average molecular weight is 1200 g/mol. The zero-order chi connectivity index (χ0) is 59.5. The topological polar surface area (TPSA) is 54.4 Å². The molecule has 0 amide bonds. The maximum absolute atomic E-state index is 14.0. The van der Waals surface area contributed by atoms with Gasteiger partial charge in [0.05, 0.1) is 0 Å². The Morgan fingerprint density at radius 2 is 0.254 bits per heavy atom. The monoisotopic (exact) mass is 1200 g/mol. The summed E-state index contributed by atoms with van der Waals surface area (Å²) in [6.07, 6.45) is -8.60. The number of hydrogen-bond donors (Lipinski definition) is 1. The van der Waals surface area contributed by atoms with Gasteiger partial charge in [-0.3, -0.25) is 4.55 Å². The van der Waals surface area contributed by atoms with Gasteiger partial charge in [0.1, 0.15) is 0 Å². The highest BCUT2D eigenvalue weighted by molar-refractivity contribution is 7.87. The van der Waals surface area contributed by atoms with Crippen LogP contribution < -0.4 is 0 Å². The van der Waals surface area contributed by atoms with Crippen LogP contribution in [0.15, 0.2) is 0 Å². The lowest BCUT2D eigenvalue weighted by molar-refractivity contribution is -0.497. The third-order valence-electron chi connectivity index (χ3n) is 8.54. The second-order valence-corrected chi connectivity index (χ2v) is 14.4. The molecule has 1 N–H and O–H groups in total. The van der Waals surface area contributed by atoms with E-state index in [0.29, 0.717) is 0 Å². The van der Waals surface area contributed by atoms with Gasteiger partial charge in [0.15, 0.2) is 0 Å². The molecule has 0 heterocycles. The van der Waals surface area contributed by atoms with Gasteiger partial charge in [0.2, 0.25) is 0 Å². The fraction of sp³-hybridized carbons (Fsp3) is 1.00. The maximum atomic E-state index is 14.0. The molecular formula is C22HF45O3S. The third kappa shape index (κ3) is 7.38. The summed E-state index contributed by atoms with van der Waals surface area (Å²) in [6, 6.07) is 0. The molecule has 428 valence electrons. The molecule has 0 saturated carbocycles. The van der Waals surface area contributed by atoms with Gasteiger partial charge in [-0.15, -0.1) is 0 Å². The zero-order valence-electron chi connectivity index (χ0n) is 29.7. The molecule has 0 aliphatic rings. The lowest BCUT2D eigenvalue weighted by Gasteiger charge is -2.47. The van der Waals surface area contributed by atoms with Gasteiger partial charge in [-0.1, -0.05) is 0 Å². The molecule has 0 aromatic carbocycles. The number of halogens is 45. The van der Waals surface area contributed by atoms with Crippen molar-refractivity contribution in [3.63, 3.8) is 0 Å². The summed E-state index contributed by atoms with van der Waals surface area (Å²) in [7, 11) is -8.63. The highest BCUT2D eigenvalue weighted by Gasteiger charge is 3.04. The van der Waals surface area contributed by atoms with Crippen LogP contribution >= 0.6 is 0 Å². The van der Waals surface area contributed by atoms with Gasteiger partial charge in [-0.2, -0.15) is 206 Å². The summed E-state index contributed by atoms with van der Waals surface area (Å²) < 4.78 is 641. The molecule has 0 unspecified atom stereocenters. The number of rotatable bonds is 21. The van der Waals surface area contributed by atoms with Gasteiger partial charge in [-0.05, 0) is 0 Å². The SMILES string of the molecule is O=S(=O)(O)C(F)(F)C(F)(F)C(F)(F)C(F)(F)C(F)(F)C(F)(F)C(F)(F)C(F)(F)C(F)(F)C(F)(F)C(F)(F)C(F)(F)C(F)(F)C(F)(F)C(F)(F)C(F)(F)C(F)(F)C(F)(F)C(F)(F)C(F)(F)C(F)(F)C(F)(F)F. The van der Waals surface area contributed by atoms with Crippen LogP contribution in [0.5, 0.6) is 0 Å². The average Bonchev–Trinajstić information content (AvgIpc) is 3.11. The summed E-state index contributed by atoms with van der Waals surface area (Å²) in [4.78, 5) is 0. The van der Waals surface area contributed by atoms with E-state index in [9.17, 15) is 206 Å². The Labute approximate surface area is 351 Å². The predicted molar refractivity (Wildman–Crippen MR) is 121 cm³/mol. The summed E-state index contributed by atoms with van der Waals surface area (Å²) in [5.74, 6) is -207. The fourth-order valence-electron chi connectivity index (χ4n) is 4.07. The molecule has 0 aliphatic carbocycles. The lowest BCUT2D eigenvalue weighted by atomic mass is 9.81. The van der Waals surface area contributed by atoms with Gasteiger partial charge in [0.25, 0.3) is 0 Å². The molecule has 3 nitrogen and oxygen atoms in total. The van der Waals surface area contributed by atoms with Crippen molar-refractivity contribution in [3.8, 4) is 0 Å². The Morgan fingerprint density at radius 1 is 0.169 bits per heavy atom. The van der Waals surface area contributed by atoms with E-state index in [1.54, 1.807) is 0 Å². The Balaban J connectivity index is 8.15. The molecule has 0 spiro atoms. The van der Waals surface area contributed by atoms with E-state index in [1.807, 2.05) is 0 Å². The van der Waals surface area contributed by atoms with Gasteiger partial charge in [0, 0.05) is 0 Å². The van der Waals surface area contributed by atoms with E-state index in [0.717, 1.165) is 0 Å². The smallest absolute Gasteiger partial charge is 0.281 e. The molecule has 0 aromatic rings. The van der Waals surface area contributed by atoms with Crippen LogP contribution in [0.25, 0.3) is 0 Å². The first kappa shape index (κ1) is 67.8. The first-order chi connectivity index (χ1) is 29.5. The van der Waals surface area contributed by atoms with Gasteiger partial charge < -0.3 is 0 Å². The molecular weight excluding hydrogens is 1200 g/mol. The quantitative estimate of drug-likeness (QED) is 0.0920. The fourth-order valence-corrected chi connectivity index (χ4v) is 4.52. The summed E-state index contributed by atoms with van der Waals surface area (Å²) in [5.41, 5.74) is 0. The van der Waals surface area contributed by atoms with Crippen molar-refractivity contribution in [1.29, 1.82) is 0 Å². The standard InChI is InChI=1S/C22HF45O3S/c23-1(24,3(27,28)5(31,32)7(35,36)9(39,40)11(43,44)13(47,48)15(51,52)17(55,56)19(59,60)21(63,64)65)2(25,26)4(29,30)6(33,34)8(37,38)10(41,42)12(45,46)14(49,50)16(53,54)18(57,58)20(61,62)22(66,67)71(68,69)70/h(H,68,69,70). The first-order valence-electron chi connectivity index (χ1n) is 14.5. The molecule has 0 aliphatic heterocycles. The Hall–Kier alpha value is -3.24. The van der Waals surface area contributed by atoms with E-state index >= 15 is 0 Å². The van der Waals surface area contributed by atoms with E-state index in [1.165, 1.54) is 0 Å². The molecule has 0 atom stereocenters. The van der Waals surface area contributed by atoms with E-state index in [-0.39, 0.29) is 0 Å². The van der Waals surface area contributed by atoms with Crippen molar-refractivity contribution in [2.75, 3.05) is 0 Å². The van der Waals surface area contributed by atoms with Crippen molar-refractivity contribution in [2.45, 2.75) is 130 Å². The predicted octanol–water partition coefficient (Wildman–Crippen LogP) is 13.7. The number of hydrogen-bond acceptors (Lipinski definition) is 2. The minimum atomic E-state index is -10.8. The molecule has 0 aromatic heterocycles. The van der Waals surface area contributed by atoms with Gasteiger partial charge in [-0.25, -0.2) is 0 Å². The van der Waals surface area contributed by atoms with Crippen LogP contribution in [0.1, 0.15) is 0 Å². The first-order valence-corrected chi connectivity index (χ1v) is 15.9. The normalized spacial score (nSPS) is 17.5. The van der Waals surface area contributed by atoms with E-state index in [2.05, 4.69) is 0 Å². The van der Waals surface area contributed by atoms with E-state index < -0.39 is 140 Å². The highest BCUT2D eigenvalue weighted by Crippen LogP contribution is 2.72. The minimum absolute atomic E-state index is 7.75. The maximum Gasteiger partial charge on any atom is 0.460 e. The largest absolute Gasteiger partial charge is 0.460 e. The molecule has 0 saturated heterocycles. The summed E-state index contributed by atoms with van der Waals surface area (Å²) >= 11 is 0. The van der Waals surface area contributed by atoms with Crippen LogP contribution in [-0.4, -0.2) is 143 Å². The van der Waals surface area contributed by atoms with Gasteiger partial charge >= 0.3 is 140 Å². The van der Waals surface area contributed by atoms with Crippen molar-refractivity contribution in [1.82, 2.24) is 0 Å². The van der Waals surface area contributed by atoms with Crippen LogP contribution in [0.4, 0.5) is 198 Å². The minimum Gasteiger partial charge on any atom is -0.281 e. The molecule has 0 rings (SSSR count). The summed E-state index contributed by atoms with van der Waals surface area (Å²) in [5, 5.41) is -8.62. The third-order valence-corrected chi connectivity index (χ3v) is 9.44. The highest BCUT2D eigenvalue weighted by atomic mass is 32.2. The molecule has 0 radical (unpaired) electrons. The zero-order valence-corrected chi connectivity index (χ0v) is 30.5. The van der Waals surface area contributed by atoms with E-state index in [4.69, 9.17) is 4.55 Å². The van der Waals surface area contributed by atoms with Crippen LogP contribution in [0, 0.1) is 0 Å². The Bertz CT molecular complexity index is 2080. The van der Waals surface area contributed by atoms with Crippen molar-refractivity contribution < 1.29 is 211 Å².